The van der Waals surface area contributed by atoms with E-state index < -0.39 is 5.97 Å². The number of carboxylic acid groups (broad SMARTS) is 1. The molecule has 0 aliphatic rings. The molecule has 2 N–H and O–H groups in total. The summed E-state index contributed by atoms with van der Waals surface area (Å²) in [5, 5.41) is 11.2. The van der Waals surface area contributed by atoms with Crippen LogP contribution in [0.25, 0.3) is 0 Å². The van der Waals surface area contributed by atoms with Gasteiger partial charge in [-0.25, -0.2) is 4.79 Å². The second-order valence-corrected chi connectivity index (χ2v) is 4.57. The number of rotatable bonds is 10. The minimum absolute atomic E-state index is 0.0747. The first-order valence-electron chi connectivity index (χ1n) is 6.36. The Kier molecular flexibility index (Phi) is 9.82. The van der Waals surface area contributed by atoms with Crippen molar-refractivity contribution in [2.75, 3.05) is 54.0 Å². The van der Waals surface area contributed by atoms with Gasteiger partial charge in [0.2, 0.25) is 0 Å². The lowest BCUT2D eigenvalue weighted by Crippen LogP contribution is -2.39. The van der Waals surface area contributed by atoms with Crippen molar-refractivity contribution in [2.45, 2.75) is 12.8 Å². The quantitative estimate of drug-likeness (QED) is 0.551. The first kappa shape index (κ1) is 17.7. The number of ether oxygens (including phenoxy) is 1. The third-order valence-electron chi connectivity index (χ3n) is 2.44. The normalized spacial score (nSPS) is 10.5. The van der Waals surface area contributed by atoms with E-state index in [2.05, 4.69) is 5.32 Å². The number of carbonyl (C=O) groups excluding carboxylic acids is 1. The van der Waals surface area contributed by atoms with Crippen molar-refractivity contribution in [1.82, 2.24) is 15.1 Å². The van der Waals surface area contributed by atoms with Crippen LogP contribution in [0.1, 0.15) is 12.8 Å². The zero-order chi connectivity index (χ0) is 14.7. The second-order valence-electron chi connectivity index (χ2n) is 4.57. The van der Waals surface area contributed by atoms with Gasteiger partial charge in [0.1, 0.15) is 0 Å². The van der Waals surface area contributed by atoms with Crippen LogP contribution in [0, 0.1) is 0 Å². The van der Waals surface area contributed by atoms with Crippen molar-refractivity contribution < 1.29 is 19.4 Å². The van der Waals surface area contributed by atoms with Crippen molar-refractivity contribution in [3.8, 4) is 0 Å². The lowest BCUT2D eigenvalue weighted by atomic mass is 10.3. The van der Waals surface area contributed by atoms with Gasteiger partial charge in [-0.2, -0.15) is 0 Å². The summed E-state index contributed by atoms with van der Waals surface area (Å²) < 4.78 is 5.33. The third kappa shape index (κ3) is 11.5. The van der Waals surface area contributed by atoms with E-state index in [1.165, 1.54) is 4.90 Å². The Balaban J connectivity index is 3.49. The molecule has 0 saturated heterocycles. The Bertz CT molecular complexity index is 272. The van der Waals surface area contributed by atoms with E-state index in [0.29, 0.717) is 32.7 Å². The molecule has 0 aliphatic heterocycles. The van der Waals surface area contributed by atoms with Gasteiger partial charge in [0, 0.05) is 33.1 Å². The van der Waals surface area contributed by atoms with Crippen molar-refractivity contribution >= 4 is 12.0 Å². The van der Waals surface area contributed by atoms with Crippen LogP contribution >= 0.6 is 0 Å². The Hall–Kier alpha value is -1.34. The lowest BCUT2D eigenvalue weighted by molar-refractivity contribution is -0.137. The Morgan fingerprint density at radius 3 is 2.42 bits per heavy atom. The highest BCUT2D eigenvalue weighted by molar-refractivity contribution is 5.73. The van der Waals surface area contributed by atoms with Crippen LogP contribution in [0.5, 0.6) is 0 Å². The fraction of sp³-hybridized carbons (Fsp3) is 0.833. The molecule has 19 heavy (non-hydrogen) atoms. The van der Waals surface area contributed by atoms with Gasteiger partial charge in [0.05, 0.1) is 13.2 Å². The first-order chi connectivity index (χ1) is 8.93. The highest BCUT2D eigenvalue weighted by Crippen LogP contribution is 1.93. The summed E-state index contributed by atoms with van der Waals surface area (Å²) in [4.78, 5) is 25.4. The molecule has 0 unspecified atom stereocenters. The van der Waals surface area contributed by atoms with Crippen LogP contribution in [-0.4, -0.2) is 80.9 Å². The number of likely N-dealkylation sites (N-methyl/N-ethyl adjacent to an activating group) is 1. The van der Waals surface area contributed by atoms with Crippen molar-refractivity contribution in [1.29, 1.82) is 0 Å². The predicted octanol–water partition coefficient (Wildman–Crippen LogP) is 0.0708. The van der Waals surface area contributed by atoms with Gasteiger partial charge < -0.3 is 25.0 Å². The number of urea groups is 1. The maximum Gasteiger partial charge on any atom is 0.317 e. The van der Waals surface area contributed by atoms with Gasteiger partial charge in [-0.15, -0.1) is 0 Å². The van der Waals surface area contributed by atoms with Crippen LogP contribution in [-0.2, 0) is 9.53 Å². The number of amides is 2. The standard InChI is InChI=1S/C12H25N3O4/c1-14(2)8-10-19-9-6-13-12(18)15(3)7-4-5-11(16)17/h4-10H2,1-3H3,(H,13,18)(H,16,17). The van der Waals surface area contributed by atoms with Crippen molar-refractivity contribution in [3.63, 3.8) is 0 Å². The van der Waals surface area contributed by atoms with E-state index >= 15 is 0 Å². The highest BCUT2D eigenvalue weighted by Gasteiger charge is 2.07. The van der Waals surface area contributed by atoms with E-state index in [4.69, 9.17) is 9.84 Å². The van der Waals surface area contributed by atoms with Gasteiger partial charge in [-0.3, -0.25) is 4.79 Å². The lowest BCUT2D eigenvalue weighted by Gasteiger charge is -2.17. The molecule has 0 rings (SSSR count). The molecule has 0 aliphatic carbocycles. The molecule has 0 spiro atoms. The van der Waals surface area contributed by atoms with E-state index in [1.54, 1.807) is 7.05 Å². The fourth-order valence-electron chi connectivity index (χ4n) is 1.28. The third-order valence-corrected chi connectivity index (χ3v) is 2.44. The molecule has 0 fully saturated rings. The summed E-state index contributed by atoms with van der Waals surface area (Å²) in [5.74, 6) is -0.844. The molecule has 7 heteroatoms. The number of aliphatic carboxylic acids is 1. The minimum Gasteiger partial charge on any atom is -0.481 e. The van der Waals surface area contributed by atoms with Crippen molar-refractivity contribution in [2.24, 2.45) is 0 Å². The summed E-state index contributed by atoms with van der Waals surface area (Å²) in [6.45, 7) is 2.85. The Morgan fingerprint density at radius 1 is 1.16 bits per heavy atom. The van der Waals surface area contributed by atoms with E-state index in [0.717, 1.165) is 6.54 Å². The number of hydrogen-bond acceptors (Lipinski definition) is 4. The van der Waals surface area contributed by atoms with Gasteiger partial charge >= 0.3 is 12.0 Å². The van der Waals surface area contributed by atoms with E-state index in [9.17, 15) is 9.59 Å². The number of nitrogens with one attached hydrogen (secondary N) is 1. The molecule has 0 atom stereocenters. The summed E-state index contributed by atoms with van der Waals surface area (Å²) in [7, 11) is 5.58. The molecule has 0 heterocycles. The first-order valence-corrected chi connectivity index (χ1v) is 6.36. The molecule has 0 bridgehead atoms. The highest BCUT2D eigenvalue weighted by atomic mass is 16.5. The number of hydrogen-bond donors (Lipinski definition) is 2. The zero-order valence-electron chi connectivity index (χ0n) is 12.0. The molecule has 2 amide bonds. The summed E-state index contributed by atoms with van der Waals surface area (Å²) in [6, 6.07) is -0.207. The Morgan fingerprint density at radius 2 is 1.84 bits per heavy atom. The monoisotopic (exact) mass is 275 g/mol. The van der Waals surface area contributed by atoms with Gasteiger partial charge in [0.25, 0.3) is 0 Å². The SMILES string of the molecule is CN(C)CCOCCNC(=O)N(C)CCCC(=O)O. The van der Waals surface area contributed by atoms with E-state index in [1.807, 2.05) is 19.0 Å². The summed E-state index contributed by atoms with van der Waals surface area (Å²) in [5.41, 5.74) is 0. The van der Waals surface area contributed by atoms with Crippen LogP contribution < -0.4 is 5.32 Å². The molecule has 0 aromatic carbocycles. The summed E-state index contributed by atoms with van der Waals surface area (Å²) in [6.07, 6.45) is 0.532. The predicted molar refractivity (Wildman–Crippen MR) is 72.3 cm³/mol. The van der Waals surface area contributed by atoms with Crippen LogP contribution in [0.2, 0.25) is 0 Å². The molecule has 0 radical (unpaired) electrons. The molecule has 7 nitrogen and oxygen atoms in total. The number of nitrogens with zero attached hydrogens (tertiary/aromatic N) is 2. The average molecular weight is 275 g/mol. The largest absolute Gasteiger partial charge is 0.481 e. The molecular weight excluding hydrogens is 250 g/mol. The second kappa shape index (κ2) is 10.6. The zero-order valence-corrected chi connectivity index (χ0v) is 12.0. The molecule has 0 aromatic heterocycles. The van der Waals surface area contributed by atoms with Gasteiger partial charge in [0.15, 0.2) is 0 Å². The molecular formula is C12H25N3O4. The van der Waals surface area contributed by atoms with E-state index in [-0.39, 0.29) is 12.5 Å². The maximum absolute atomic E-state index is 11.6. The number of carbonyl (C=O) groups is 2. The molecule has 0 aromatic rings. The van der Waals surface area contributed by atoms with Gasteiger partial charge in [-0.1, -0.05) is 0 Å². The van der Waals surface area contributed by atoms with Crippen LogP contribution in [0.15, 0.2) is 0 Å². The smallest absolute Gasteiger partial charge is 0.317 e. The molecule has 112 valence electrons. The van der Waals surface area contributed by atoms with Crippen molar-refractivity contribution in [3.05, 3.63) is 0 Å². The maximum atomic E-state index is 11.6. The minimum atomic E-state index is -0.844. The fourth-order valence-corrected chi connectivity index (χ4v) is 1.28. The summed E-state index contributed by atoms with van der Waals surface area (Å²) >= 11 is 0. The van der Waals surface area contributed by atoms with Gasteiger partial charge in [-0.05, 0) is 20.5 Å². The topological polar surface area (TPSA) is 82.1 Å². The number of carboxylic acids is 1. The Labute approximate surface area is 114 Å². The van der Waals surface area contributed by atoms with Crippen LogP contribution in [0.3, 0.4) is 0 Å². The average Bonchev–Trinajstić information content (AvgIpc) is 2.32. The van der Waals surface area contributed by atoms with Crippen LogP contribution in [0.4, 0.5) is 4.79 Å². The molecule has 0 saturated carbocycles.